The molecule has 0 fully saturated rings. The summed E-state index contributed by atoms with van der Waals surface area (Å²) in [6.07, 6.45) is 3.05. The van der Waals surface area contributed by atoms with Crippen molar-refractivity contribution < 1.29 is 5.21 Å². The molecule has 1 heterocycles. The van der Waals surface area contributed by atoms with E-state index in [1.165, 1.54) is 6.21 Å². The van der Waals surface area contributed by atoms with Crippen LogP contribution in [0.15, 0.2) is 28.5 Å². The lowest BCUT2D eigenvalue weighted by Crippen LogP contribution is -2.07. The molecule has 0 atom stereocenters. The van der Waals surface area contributed by atoms with Crippen LogP contribution >= 0.6 is 11.8 Å². The molecule has 0 aromatic carbocycles. The Morgan fingerprint density at radius 2 is 2.14 bits per heavy atom. The summed E-state index contributed by atoms with van der Waals surface area (Å²) >= 11 is 1.71. The van der Waals surface area contributed by atoms with Crippen LogP contribution in [0, 0.1) is 0 Å². The standard InChI is InChI=1S/C10H14N2OS/c1-10(2,3)14-9-5-4-8(6-11-9)7-12-13/h4-7,13H,1-3H3/b12-7+. The molecule has 0 saturated heterocycles. The van der Waals surface area contributed by atoms with Gasteiger partial charge in [-0.15, -0.1) is 11.8 Å². The Hall–Kier alpha value is -1.03. The van der Waals surface area contributed by atoms with Gasteiger partial charge in [0.05, 0.1) is 11.2 Å². The zero-order valence-electron chi connectivity index (χ0n) is 8.56. The van der Waals surface area contributed by atoms with Crippen LogP contribution in [0.5, 0.6) is 0 Å². The summed E-state index contributed by atoms with van der Waals surface area (Å²) in [6.45, 7) is 6.42. The first kappa shape index (κ1) is 11.0. The third-order valence-electron chi connectivity index (χ3n) is 1.38. The van der Waals surface area contributed by atoms with Crippen molar-refractivity contribution in [1.29, 1.82) is 0 Å². The van der Waals surface area contributed by atoms with E-state index in [0.29, 0.717) is 0 Å². The molecule has 0 aliphatic heterocycles. The highest BCUT2D eigenvalue weighted by atomic mass is 32.2. The largest absolute Gasteiger partial charge is 0.411 e. The van der Waals surface area contributed by atoms with E-state index >= 15 is 0 Å². The number of pyridine rings is 1. The third-order valence-corrected chi connectivity index (χ3v) is 2.44. The summed E-state index contributed by atoms with van der Waals surface area (Å²) in [5, 5.41) is 12.2. The molecule has 14 heavy (non-hydrogen) atoms. The van der Waals surface area contributed by atoms with E-state index in [9.17, 15) is 0 Å². The van der Waals surface area contributed by atoms with E-state index in [1.807, 2.05) is 12.1 Å². The van der Waals surface area contributed by atoms with Gasteiger partial charge in [-0.05, 0) is 12.1 Å². The Kier molecular flexibility index (Phi) is 3.52. The molecule has 76 valence electrons. The minimum Gasteiger partial charge on any atom is -0.411 e. The summed E-state index contributed by atoms with van der Waals surface area (Å²) in [6, 6.07) is 3.80. The smallest absolute Gasteiger partial charge is 0.0965 e. The molecule has 0 saturated carbocycles. The minimum atomic E-state index is 0.166. The van der Waals surface area contributed by atoms with Crippen molar-refractivity contribution in [2.45, 2.75) is 30.5 Å². The lowest BCUT2D eigenvalue weighted by Gasteiger charge is -2.16. The molecule has 1 aromatic heterocycles. The molecule has 0 spiro atoms. The Balaban J connectivity index is 2.74. The van der Waals surface area contributed by atoms with Crippen LogP contribution in [0.4, 0.5) is 0 Å². The zero-order valence-corrected chi connectivity index (χ0v) is 9.38. The van der Waals surface area contributed by atoms with Crippen LogP contribution in [0.25, 0.3) is 0 Å². The fourth-order valence-corrected chi connectivity index (χ4v) is 1.78. The second kappa shape index (κ2) is 4.46. The highest BCUT2D eigenvalue weighted by Crippen LogP contribution is 2.29. The van der Waals surface area contributed by atoms with E-state index in [4.69, 9.17) is 5.21 Å². The van der Waals surface area contributed by atoms with Gasteiger partial charge >= 0.3 is 0 Å². The van der Waals surface area contributed by atoms with Crippen LogP contribution in [-0.2, 0) is 0 Å². The number of oxime groups is 1. The summed E-state index contributed by atoms with van der Waals surface area (Å²) in [7, 11) is 0. The molecular formula is C10H14N2OS. The Morgan fingerprint density at radius 3 is 2.57 bits per heavy atom. The van der Waals surface area contributed by atoms with Gasteiger partial charge in [0.15, 0.2) is 0 Å². The fourth-order valence-electron chi connectivity index (χ4n) is 0.909. The Morgan fingerprint density at radius 1 is 1.43 bits per heavy atom. The molecule has 1 rings (SSSR count). The zero-order chi connectivity index (χ0) is 10.6. The molecule has 0 bridgehead atoms. The van der Waals surface area contributed by atoms with Gasteiger partial charge < -0.3 is 5.21 Å². The molecule has 0 aliphatic carbocycles. The second-order valence-electron chi connectivity index (χ2n) is 3.89. The van der Waals surface area contributed by atoms with E-state index in [1.54, 1.807) is 18.0 Å². The average Bonchev–Trinajstić information content (AvgIpc) is 2.06. The number of thioether (sulfide) groups is 1. The minimum absolute atomic E-state index is 0.166. The van der Waals surface area contributed by atoms with Gasteiger partial charge in [-0.25, -0.2) is 4.98 Å². The maximum Gasteiger partial charge on any atom is 0.0965 e. The summed E-state index contributed by atoms with van der Waals surface area (Å²) < 4.78 is 0.166. The Bertz CT molecular complexity index is 314. The van der Waals surface area contributed by atoms with Gasteiger partial charge in [-0.1, -0.05) is 25.9 Å². The maximum atomic E-state index is 8.31. The first-order chi connectivity index (χ1) is 6.51. The van der Waals surface area contributed by atoms with Crippen LogP contribution in [0.3, 0.4) is 0 Å². The predicted octanol–water partition coefficient (Wildman–Crippen LogP) is 2.78. The third kappa shape index (κ3) is 3.79. The molecule has 3 nitrogen and oxygen atoms in total. The topological polar surface area (TPSA) is 45.5 Å². The van der Waals surface area contributed by atoms with Crippen LogP contribution in [-0.4, -0.2) is 21.2 Å². The van der Waals surface area contributed by atoms with E-state index in [0.717, 1.165) is 10.6 Å². The first-order valence-electron chi connectivity index (χ1n) is 4.34. The fraction of sp³-hybridized carbons (Fsp3) is 0.400. The van der Waals surface area contributed by atoms with Gasteiger partial charge in [0.2, 0.25) is 0 Å². The van der Waals surface area contributed by atoms with Crippen LogP contribution in [0.2, 0.25) is 0 Å². The number of hydrogen-bond donors (Lipinski definition) is 1. The summed E-state index contributed by atoms with van der Waals surface area (Å²) in [4.78, 5) is 4.24. The van der Waals surface area contributed by atoms with Crippen molar-refractivity contribution in [3.63, 3.8) is 0 Å². The van der Waals surface area contributed by atoms with Crippen molar-refractivity contribution in [3.8, 4) is 0 Å². The lowest BCUT2D eigenvalue weighted by atomic mass is 10.3. The molecule has 1 N–H and O–H groups in total. The second-order valence-corrected chi connectivity index (χ2v) is 5.74. The molecule has 0 amide bonds. The molecular weight excluding hydrogens is 196 g/mol. The number of rotatable bonds is 2. The quantitative estimate of drug-likeness (QED) is 0.353. The predicted molar refractivity (Wildman–Crippen MR) is 59.2 cm³/mol. The van der Waals surface area contributed by atoms with E-state index in [2.05, 4.69) is 30.9 Å². The average molecular weight is 210 g/mol. The van der Waals surface area contributed by atoms with Crippen molar-refractivity contribution in [3.05, 3.63) is 23.9 Å². The highest BCUT2D eigenvalue weighted by molar-refractivity contribution is 8.00. The molecule has 4 heteroatoms. The Labute approximate surface area is 88.2 Å². The van der Waals surface area contributed by atoms with Crippen molar-refractivity contribution in [1.82, 2.24) is 4.98 Å². The molecule has 0 radical (unpaired) electrons. The highest BCUT2D eigenvalue weighted by Gasteiger charge is 2.12. The van der Waals surface area contributed by atoms with Crippen molar-refractivity contribution >= 4 is 18.0 Å². The molecule has 1 aromatic rings. The van der Waals surface area contributed by atoms with Gasteiger partial charge in [-0.2, -0.15) is 0 Å². The normalized spacial score (nSPS) is 12.2. The van der Waals surface area contributed by atoms with Crippen LogP contribution < -0.4 is 0 Å². The van der Waals surface area contributed by atoms with Gasteiger partial charge in [0, 0.05) is 16.5 Å². The summed E-state index contributed by atoms with van der Waals surface area (Å²) in [5.41, 5.74) is 0.797. The monoisotopic (exact) mass is 210 g/mol. The summed E-state index contributed by atoms with van der Waals surface area (Å²) in [5.74, 6) is 0. The maximum absolute atomic E-state index is 8.31. The SMILES string of the molecule is CC(C)(C)Sc1ccc(/C=N/O)cn1. The number of hydrogen-bond acceptors (Lipinski definition) is 4. The number of nitrogens with zero attached hydrogens (tertiary/aromatic N) is 2. The number of aromatic nitrogens is 1. The molecule has 0 unspecified atom stereocenters. The van der Waals surface area contributed by atoms with Gasteiger partial charge in [0.1, 0.15) is 0 Å². The van der Waals surface area contributed by atoms with Crippen LogP contribution in [0.1, 0.15) is 26.3 Å². The lowest BCUT2D eigenvalue weighted by molar-refractivity contribution is 0.322. The van der Waals surface area contributed by atoms with Gasteiger partial charge in [-0.3, -0.25) is 0 Å². The molecule has 0 aliphatic rings. The first-order valence-corrected chi connectivity index (χ1v) is 5.15. The van der Waals surface area contributed by atoms with E-state index < -0.39 is 0 Å². The van der Waals surface area contributed by atoms with E-state index in [-0.39, 0.29) is 4.75 Å². The van der Waals surface area contributed by atoms with Gasteiger partial charge in [0.25, 0.3) is 0 Å². The van der Waals surface area contributed by atoms with Crippen molar-refractivity contribution in [2.24, 2.45) is 5.16 Å². The van der Waals surface area contributed by atoms with Crippen molar-refractivity contribution in [2.75, 3.05) is 0 Å².